The molecule has 1 atom stereocenters. The molecule has 3 aliphatic rings. The fourth-order valence-corrected chi connectivity index (χ4v) is 4.14. The van der Waals surface area contributed by atoms with Crippen LogP contribution in [-0.2, 0) is 14.3 Å². The molecule has 2 aliphatic heterocycles. The maximum absolute atomic E-state index is 12.0. The van der Waals surface area contributed by atoms with Crippen LogP contribution in [0.5, 0.6) is 0 Å². The van der Waals surface area contributed by atoms with Gasteiger partial charge in [-0.05, 0) is 25.7 Å². The zero-order valence-electron chi connectivity index (χ0n) is 13.3. The smallest absolute Gasteiger partial charge is 0.237 e. The summed E-state index contributed by atoms with van der Waals surface area (Å²) in [7, 11) is 0. The average molecular weight is 309 g/mol. The molecule has 2 N–H and O–H groups in total. The van der Waals surface area contributed by atoms with Crippen LogP contribution in [0.2, 0.25) is 0 Å². The van der Waals surface area contributed by atoms with Crippen molar-refractivity contribution in [1.82, 2.24) is 9.80 Å². The molecule has 22 heavy (non-hydrogen) atoms. The molecule has 0 aromatic rings. The third-order valence-electron chi connectivity index (χ3n) is 5.31. The number of carbonyl (C=O) groups excluding carboxylic acids is 2. The zero-order chi connectivity index (χ0) is 15.6. The Balaban J connectivity index is 1.47. The van der Waals surface area contributed by atoms with Gasteiger partial charge in [0.25, 0.3) is 0 Å². The molecule has 6 nitrogen and oxygen atoms in total. The Labute approximate surface area is 131 Å². The highest BCUT2D eigenvalue weighted by molar-refractivity contribution is 5.85. The molecule has 2 heterocycles. The Bertz CT molecular complexity index is 434. The van der Waals surface area contributed by atoms with Gasteiger partial charge in [-0.2, -0.15) is 0 Å². The maximum Gasteiger partial charge on any atom is 0.237 e. The molecule has 6 heteroatoms. The molecule has 0 bridgehead atoms. The number of hydrogen-bond acceptors (Lipinski definition) is 4. The number of piperazine rings is 1. The van der Waals surface area contributed by atoms with Gasteiger partial charge in [-0.15, -0.1) is 0 Å². The minimum Gasteiger partial charge on any atom is -0.370 e. The van der Waals surface area contributed by atoms with Crippen LogP contribution in [0.3, 0.4) is 0 Å². The van der Waals surface area contributed by atoms with Crippen molar-refractivity contribution in [2.45, 2.75) is 56.7 Å². The minimum absolute atomic E-state index is 0.00423. The summed E-state index contributed by atoms with van der Waals surface area (Å²) in [6.45, 7) is 2.62. The summed E-state index contributed by atoms with van der Waals surface area (Å²) in [5, 5.41) is 0. The van der Waals surface area contributed by atoms with E-state index >= 15 is 0 Å². The number of amides is 2. The Morgan fingerprint density at radius 2 is 2.00 bits per heavy atom. The number of ether oxygens (including phenoxy) is 1. The standard InChI is InChI=1S/C16H27N3O3/c17-14(20)11-19-9-8-18(12-15(19)21)10-13-4-7-16(22-13)5-2-1-3-6-16/h13H,1-12H2,(H2,17,20)/t13-/m0/s1. The molecule has 124 valence electrons. The van der Waals surface area contributed by atoms with Crippen LogP contribution in [0.25, 0.3) is 0 Å². The first-order chi connectivity index (χ1) is 10.6. The van der Waals surface area contributed by atoms with Crippen LogP contribution in [0, 0.1) is 0 Å². The second kappa shape index (κ2) is 6.54. The van der Waals surface area contributed by atoms with Gasteiger partial charge in [0.05, 0.1) is 24.8 Å². The van der Waals surface area contributed by atoms with Crippen molar-refractivity contribution >= 4 is 11.8 Å². The summed E-state index contributed by atoms with van der Waals surface area (Å²) in [4.78, 5) is 26.7. The third kappa shape index (κ3) is 3.60. The van der Waals surface area contributed by atoms with E-state index in [4.69, 9.17) is 10.5 Å². The number of hydrogen-bond donors (Lipinski definition) is 1. The van der Waals surface area contributed by atoms with E-state index < -0.39 is 5.91 Å². The molecule has 0 aromatic heterocycles. The van der Waals surface area contributed by atoms with Gasteiger partial charge in [0.2, 0.25) is 11.8 Å². The van der Waals surface area contributed by atoms with E-state index in [1.54, 1.807) is 4.90 Å². The Morgan fingerprint density at radius 3 is 2.68 bits per heavy atom. The van der Waals surface area contributed by atoms with E-state index in [1.165, 1.54) is 38.5 Å². The van der Waals surface area contributed by atoms with Crippen LogP contribution in [0.4, 0.5) is 0 Å². The number of carbonyl (C=O) groups is 2. The Morgan fingerprint density at radius 1 is 1.23 bits per heavy atom. The lowest BCUT2D eigenvalue weighted by molar-refractivity contribution is -0.140. The molecule has 0 aromatic carbocycles. The molecule has 2 saturated heterocycles. The second-order valence-corrected chi connectivity index (χ2v) is 7.04. The van der Waals surface area contributed by atoms with Crippen molar-refractivity contribution in [3.63, 3.8) is 0 Å². The van der Waals surface area contributed by atoms with Gasteiger partial charge in [0.1, 0.15) is 0 Å². The van der Waals surface area contributed by atoms with E-state index in [2.05, 4.69) is 4.90 Å². The van der Waals surface area contributed by atoms with Crippen LogP contribution in [-0.4, -0.2) is 66.0 Å². The topological polar surface area (TPSA) is 75.9 Å². The normalized spacial score (nSPS) is 29.2. The molecule has 2 amide bonds. The molecule has 3 rings (SSSR count). The van der Waals surface area contributed by atoms with E-state index in [-0.39, 0.29) is 24.2 Å². The Kier molecular flexibility index (Phi) is 4.68. The van der Waals surface area contributed by atoms with Gasteiger partial charge in [-0.1, -0.05) is 19.3 Å². The second-order valence-electron chi connectivity index (χ2n) is 7.04. The van der Waals surface area contributed by atoms with Gasteiger partial charge in [-0.3, -0.25) is 14.5 Å². The van der Waals surface area contributed by atoms with E-state index in [9.17, 15) is 9.59 Å². The van der Waals surface area contributed by atoms with Gasteiger partial charge >= 0.3 is 0 Å². The molecule has 1 spiro atoms. The molecule has 1 aliphatic carbocycles. The molecule has 0 unspecified atom stereocenters. The van der Waals surface area contributed by atoms with E-state index in [0.717, 1.165) is 19.5 Å². The first kappa shape index (κ1) is 15.7. The van der Waals surface area contributed by atoms with Crippen molar-refractivity contribution in [3.8, 4) is 0 Å². The predicted molar refractivity (Wildman–Crippen MR) is 82.1 cm³/mol. The SMILES string of the molecule is NC(=O)CN1CCN(C[C@@H]2CCC3(CCCCC3)O2)CC1=O. The van der Waals surface area contributed by atoms with Crippen LogP contribution in [0.1, 0.15) is 44.9 Å². The fourth-order valence-electron chi connectivity index (χ4n) is 4.14. The number of rotatable bonds is 4. The average Bonchev–Trinajstić information content (AvgIpc) is 2.85. The largest absolute Gasteiger partial charge is 0.370 e. The van der Waals surface area contributed by atoms with Crippen LogP contribution in [0.15, 0.2) is 0 Å². The first-order valence-corrected chi connectivity index (χ1v) is 8.53. The number of primary amides is 1. The summed E-state index contributed by atoms with van der Waals surface area (Å²) >= 11 is 0. The lowest BCUT2D eigenvalue weighted by Gasteiger charge is -2.36. The highest BCUT2D eigenvalue weighted by Gasteiger charge is 2.41. The molecule has 1 saturated carbocycles. The minimum atomic E-state index is -0.444. The lowest BCUT2D eigenvalue weighted by atomic mass is 9.83. The van der Waals surface area contributed by atoms with Crippen LogP contribution < -0.4 is 5.73 Å². The van der Waals surface area contributed by atoms with E-state index in [1.807, 2.05) is 0 Å². The van der Waals surface area contributed by atoms with Crippen molar-refractivity contribution in [2.24, 2.45) is 5.73 Å². The summed E-state index contributed by atoms with van der Waals surface area (Å²) in [6.07, 6.45) is 8.86. The van der Waals surface area contributed by atoms with E-state index in [0.29, 0.717) is 13.1 Å². The first-order valence-electron chi connectivity index (χ1n) is 8.53. The quantitative estimate of drug-likeness (QED) is 0.820. The van der Waals surface area contributed by atoms with Crippen molar-refractivity contribution < 1.29 is 14.3 Å². The summed E-state index contributed by atoms with van der Waals surface area (Å²) < 4.78 is 6.38. The monoisotopic (exact) mass is 309 g/mol. The van der Waals surface area contributed by atoms with Crippen molar-refractivity contribution in [2.75, 3.05) is 32.7 Å². The fraction of sp³-hybridized carbons (Fsp3) is 0.875. The van der Waals surface area contributed by atoms with Gasteiger partial charge < -0.3 is 15.4 Å². The molecular formula is C16H27N3O3. The highest BCUT2D eigenvalue weighted by atomic mass is 16.5. The highest BCUT2D eigenvalue weighted by Crippen LogP contribution is 2.42. The predicted octanol–water partition coefficient (Wildman–Crippen LogP) is 0.498. The summed E-state index contributed by atoms with van der Waals surface area (Å²) in [5.41, 5.74) is 5.30. The summed E-state index contributed by atoms with van der Waals surface area (Å²) in [5.74, 6) is -0.449. The third-order valence-corrected chi connectivity index (χ3v) is 5.31. The zero-order valence-corrected chi connectivity index (χ0v) is 13.3. The van der Waals surface area contributed by atoms with Crippen molar-refractivity contribution in [3.05, 3.63) is 0 Å². The molecule has 3 fully saturated rings. The lowest BCUT2D eigenvalue weighted by Crippen LogP contribution is -2.53. The van der Waals surface area contributed by atoms with Gasteiger partial charge in [0.15, 0.2) is 0 Å². The number of nitrogens with zero attached hydrogens (tertiary/aromatic N) is 2. The molecule has 0 radical (unpaired) electrons. The Hall–Kier alpha value is -1.14. The van der Waals surface area contributed by atoms with Crippen molar-refractivity contribution in [1.29, 1.82) is 0 Å². The van der Waals surface area contributed by atoms with Gasteiger partial charge in [0, 0.05) is 19.6 Å². The number of nitrogens with two attached hydrogens (primary N) is 1. The molecular weight excluding hydrogens is 282 g/mol. The van der Waals surface area contributed by atoms with Crippen LogP contribution >= 0.6 is 0 Å². The van der Waals surface area contributed by atoms with Gasteiger partial charge in [-0.25, -0.2) is 0 Å². The maximum atomic E-state index is 12.0. The summed E-state index contributed by atoms with van der Waals surface area (Å²) in [6, 6.07) is 0.